The number of ether oxygens (including phenoxy) is 1. The number of amides is 1. The molecule has 0 radical (unpaired) electrons. The van der Waals surface area contributed by atoms with Crippen LogP contribution in [0.25, 0.3) is 0 Å². The van der Waals surface area contributed by atoms with Crippen molar-refractivity contribution < 1.29 is 17.9 Å². The fourth-order valence-electron chi connectivity index (χ4n) is 3.00. The van der Waals surface area contributed by atoms with Gasteiger partial charge in [0.05, 0.1) is 30.1 Å². The van der Waals surface area contributed by atoms with Gasteiger partial charge in [0.25, 0.3) is 0 Å². The lowest BCUT2D eigenvalue weighted by Gasteiger charge is -2.10. The Morgan fingerprint density at radius 3 is 2.85 bits per heavy atom. The van der Waals surface area contributed by atoms with Crippen molar-refractivity contribution >= 4 is 33.2 Å². The van der Waals surface area contributed by atoms with Gasteiger partial charge in [-0.05, 0) is 24.5 Å². The highest BCUT2D eigenvalue weighted by Crippen LogP contribution is 2.25. The molecule has 0 saturated carbocycles. The van der Waals surface area contributed by atoms with Crippen LogP contribution in [0.2, 0.25) is 0 Å². The van der Waals surface area contributed by atoms with E-state index in [1.165, 1.54) is 11.8 Å². The summed E-state index contributed by atoms with van der Waals surface area (Å²) in [6.45, 7) is 0. The zero-order valence-electron chi connectivity index (χ0n) is 15.2. The second-order valence-electron chi connectivity index (χ2n) is 6.47. The molecule has 10 heteroatoms. The van der Waals surface area contributed by atoms with E-state index in [-0.39, 0.29) is 29.1 Å². The summed E-state index contributed by atoms with van der Waals surface area (Å²) in [7, 11) is 0.480. The quantitative estimate of drug-likeness (QED) is 0.691. The van der Waals surface area contributed by atoms with Gasteiger partial charge in [0, 0.05) is 13.5 Å². The third-order valence-corrected chi connectivity index (χ3v) is 7.29. The van der Waals surface area contributed by atoms with Gasteiger partial charge in [0.2, 0.25) is 5.91 Å². The van der Waals surface area contributed by atoms with E-state index in [0.717, 1.165) is 5.82 Å². The van der Waals surface area contributed by atoms with Crippen molar-refractivity contribution in [2.45, 2.75) is 18.0 Å². The first-order valence-electron chi connectivity index (χ1n) is 8.52. The predicted molar refractivity (Wildman–Crippen MR) is 104 cm³/mol. The van der Waals surface area contributed by atoms with E-state index >= 15 is 0 Å². The normalized spacial score (nSPS) is 18.4. The summed E-state index contributed by atoms with van der Waals surface area (Å²) in [5.74, 6) is 1.90. The van der Waals surface area contributed by atoms with Gasteiger partial charge in [-0.15, -0.1) is 10.2 Å². The zero-order chi connectivity index (χ0) is 19.4. The van der Waals surface area contributed by atoms with Crippen molar-refractivity contribution in [1.29, 1.82) is 0 Å². The number of methoxy groups -OCH3 is 1. The fraction of sp³-hybridized carbons (Fsp3) is 0.471. The molecule has 1 saturated heterocycles. The third kappa shape index (κ3) is 5.01. The Hall–Kier alpha value is -2.07. The van der Waals surface area contributed by atoms with Gasteiger partial charge in [-0.1, -0.05) is 23.9 Å². The van der Waals surface area contributed by atoms with Crippen molar-refractivity contribution in [1.82, 2.24) is 14.8 Å². The van der Waals surface area contributed by atoms with E-state index in [4.69, 9.17) is 4.74 Å². The number of thioether (sulfide) groups is 1. The molecule has 1 fully saturated rings. The summed E-state index contributed by atoms with van der Waals surface area (Å²) in [5.41, 5.74) is 0.617. The highest BCUT2D eigenvalue weighted by molar-refractivity contribution is 7.99. The van der Waals surface area contributed by atoms with Crippen molar-refractivity contribution in [2.75, 3.05) is 29.7 Å². The number of anilines is 1. The Balaban J connectivity index is 1.55. The molecule has 0 unspecified atom stereocenters. The van der Waals surface area contributed by atoms with Crippen LogP contribution in [0.15, 0.2) is 29.4 Å². The number of sulfone groups is 1. The molecule has 146 valence electrons. The molecule has 1 atom stereocenters. The maximum Gasteiger partial charge on any atom is 0.234 e. The SMILES string of the molecule is COc1ccccc1NC(=O)CSc1nnc(C[C@@H]2CCS(=O)(=O)C2)n1C. The topological polar surface area (TPSA) is 103 Å². The molecule has 1 amide bonds. The predicted octanol–water partition coefficient (Wildman–Crippen LogP) is 1.53. The number of rotatable bonds is 7. The van der Waals surface area contributed by atoms with Crippen LogP contribution in [0, 0.1) is 5.92 Å². The van der Waals surface area contributed by atoms with Gasteiger partial charge in [0.15, 0.2) is 15.0 Å². The van der Waals surface area contributed by atoms with Crippen LogP contribution in [-0.4, -0.2) is 53.5 Å². The molecule has 2 heterocycles. The molecular formula is C17H22N4O4S2. The maximum absolute atomic E-state index is 12.2. The van der Waals surface area contributed by atoms with Gasteiger partial charge >= 0.3 is 0 Å². The lowest BCUT2D eigenvalue weighted by molar-refractivity contribution is -0.113. The highest BCUT2D eigenvalue weighted by atomic mass is 32.2. The van der Waals surface area contributed by atoms with Crippen LogP contribution in [0.4, 0.5) is 5.69 Å². The number of carbonyl (C=O) groups excluding carboxylic acids is 1. The summed E-state index contributed by atoms with van der Waals surface area (Å²) < 4.78 is 30.2. The minimum absolute atomic E-state index is 0.0876. The second-order valence-corrected chi connectivity index (χ2v) is 9.64. The van der Waals surface area contributed by atoms with Crippen LogP contribution in [-0.2, 0) is 28.1 Å². The summed E-state index contributed by atoms with van der Waals surface area (Å²) in [6, 6.07) is 7.21. The number of para-hydroxylation sites is 2. The lowest BCUT2D eigenvalue weighted by atomic mass is 10.1. The first-order valence-corrected chi connectivity index (χ1v) is 11.3. The largest absolute Gasteiger partial charge is 0.495 e. The molecule has 1 aromatic heterocycles. The van der Waals surface area contributed by atoms with Crippen LogP contribution in [0.5, 0.6) is 5.75 Å². The van der Waals surface area contributed by atoms with Crippen molar-refractivity contribution in [2.24, 2.45) is 13.0 Å². The Bertz CT molecular complexity index is 927. The Labute approximate surface area is 162 Å². The standard InChI is InChI=1S/C17H22N4O4S2/c1-21-15(9-12-7-8-27(23,24)11-12)19-20-17(21)26-10-16(22)18-13-5-3-4-6-14(13)25-2/h3-6,12H,7-11H2,1-2H3,(H,18,22)/t12-/m0/s1. The number of nitrogens with one attached hydrogen (secondary N) is 1. The van der Waals surface area contributed by atoms with Crippen LogP contribution >= 0.6 is 11.8 Å². The van der Waals surface area contributed by atoms with Crippen LogP contribution in [0.3, 0.4) is 0 Å². The Kier molecular flexibility index (Phi) is 6.05. The molecule has 2 aromatic rings. The van der Waals surface area contributed by atoms with E-state index in [1.807, 2.05) is 23.7 Å². The lowest BCUT2D eigenvalue weighted by Crippen LogP contribution is -2.15. The molecule has 3 rings (SSSR count). The number of aromatic nitrogens is 3. The third-order valence-electron chi connectivity index (χ3n) is 4.44. The zero-order valence-corrected chi connectivity index (χ0v) is 16.8. The van der Waals surface area contributed by atoms with Crippen molar-refractivity contribution in [3.63, 3.8) is 0 Å². The molecule has 0 spiro atoms. The summed E-state index contributed by atoms with van der Waals surface area (Å²) >= 11 is 1.28. The van der Waals surface area contributed by atoms with Gasteiger partial charge < -0.3 is 14.6 Å². The number of nitrogens with zero attached hydrogens (tertiary/aromatic N) is 3. The van der Waals surface area contributed by atoms with Gasteiger partial charge in [-0.25, -0.2) is 8.42 Å². The summed E-state index contributed by atoms with van der Waals surface area (Å²) in [6.07, 6.45) is 1.25. The van der Waals surface area contributed by atoms with Crippen LogP contribution < -0.4 is 10.1 Å². The molecule has 1 aliphatic rings. The smallest absolute Gasteiger partial charge is 0.234 e. The molecule has 1 aromatic carbocycles. The van der Waals surface area contributed by atoms with Crippen LogP contribution in [0.1, 0.15) is 12.2 Å². The number of hydrogen-bond donors (Lipinski definition) is 1. The average molecular weight is 411 g/mol. The Morgan fingerprint density at radius 2 is 2.15 bits per heavy atom. The van der Waals surface area contributed by atoms with Crippen molar-refractivity contribution in [3.05, 3.63) is 30.1 Å². The fourth-order valence-corrected chi connectivity index (χ4v) is 5.60. The molecule has 27 heavy (non-hydrogen) atoms. The van der Waals surface area contributed by atoms with Crippen molar-refractivity contribution in [3.8, 4) is 5.75 Å². The van der Waals surface area contributed by atoms with E-state index in [2.05, 4.69) is 15.5 Å². The first kappa shape index (κ1) is 19.7. The number of hydrogen-bond acceptors (Lipinski definition) is 7. The molecule has 1 aliphatic heterocycles. The number of carbonyl (C=O) groups is 1. The monoisotopic (exact) mass is 410 g/mol. The first-order chi connectivity index (χ1) is 12.9. The van der Waals surface area contributed by atoms with E-state index in [9.17, 15) is 13.2 Å². The molecule has 0 aliphatic carbocycles. The summed E-state index contributed by atoms with van der Waals surface area (Å²) in [5, 5.41) is 11.7. The van der Waals surface area contributed by atoms with E-state index in [0.29, 0.717) is 29.4 Å². The van der Waals surface area contributed by atoms with E-state index in [1.54, 1.807) is 19.2 Å². The average Bonchev–Trinajstić information content (AvgIpc) is 3.16. The van der Waals surface area contributed by atoms with Gasteiger partial charge in [-0.3, -0.25) is 4.79 Å². The van der Waals surface area contributed by atoms with Gasteiger partial charge in [0.1, 0.15) is 11.6 Å². The maximum atomic E-state index is 12.2. The summed E-state index contributed by atoms with van der Waals surface area (Å²) in [4.78, 5) is 12.2. The highest BCUT2D eigenvalue weighted by Gasteiger charge is 2.29. The van der Waals surface area contributed by atoms with E-state index < -0.39 is 9.84 Å². The minimum Gasteiger partial charge on any atom is -0.495 e. The molecule has 1 N–H and O–H groups in total. The second kappa shape index (κ2) is 8.30. The molecular weight excluding hydrogens is 388 g/mol. The number of benzene rings is 1. The molecule has 0 bridgehead atoms. The Morgan fingerprint density at radius 1 is 1.37 bits per heavy atom. The minimum atomic E-state index is -2.90. The van der Waals surface area contributed by atoms with Gasteiger partial charge in [-0.2, -0.15) is 0 Å². The molecule has 8 nitrogen and oxygen atoms in total.